The van der Waals surface area contributed by atoms with Crippen molar-refractivity contribution in [3.63, 3.8) is 0 Å². The second-order valence-corrected chi connectivity index (χ2v) is 4.88. The molecule has 92 valence electrons. The van der Waals surface area contributed by atoms with Crippen LogP contribution in [0.25, 0.3) is 0 Å². The Morgan fingerprint density at radius 3 is 2.88 bits per heavy atom. The lowest BCUT2D eigenvalue weighted by Gasteiger charge is -2.34. The normalized spacial score (nSPS) is 15.5. The zero-order valence-electron chi connectivity index (χ0n) is 9.83. The molecule has 0 atom stereocenters. The Bertz CT molecular complexity index is 454. The molecule has 0 saturated heterocycles. The van der Waals surface area contributed by atoms with E-state index in [1.165, 1.54) is 18.2 Å². The second-order valence-electron chi connectivity index (χ2n) is 4.88. The van der Waals surface area contributed by atoms with Crippen molar-refractivity contribution in [1.29, 1.82) is 0 Å². The fraction of sp³-hybridized carbons (Fsp3) is 0.417. The Labute approximate surface area is 99.0 Å². The number of anilines is 2. The lowest BCUT2D eigenvalue weighted by Crippen LogP contribution is -2.45. The van der Waals surface area contributed by atoms with Gasteiger partial charge in [0.05, 0.1) is 23.5 Å². The number of amides is 1. The first-order chi connectivity index (χ1) is 7.85. The highest BCUT2D eigenvalue weighted by molar-refractivity contribution is 6.01. The molecule has 0 aliphatic carbocycles. The van der Waals surface area contributed by atoms with Crippen LogP contribution in [0.5, 0.6) is 0 Å². The van der Waals surface area contributed by atoms with Crippen molar-refractivity contribution in [3.8, 4) is 0 Å². The summed E-state index contributed by atoms with van der Waals surface area (Å²) in [5, 5.41) is 12.5. The number of nitrogens with one attached hydrogen (secondary N) is 1. The molecule has 0 radical (unpaired) electrons. The molecule has 1 aliphatic heterocycles. The van der Waals surface area contributed by atoms with E-state index in [0.29, 0.717) is 11.4 Å². The number of fused-ring (bicyclic) bond motifs is 1. The van der Waals surface area contributed by atoms with E-state index < -0.39 is 5.60 Å². The van der Waals surface area contributed by atoms with E-state index in [4.69, 9.17) is 0 Å². The van der Waals surface area contributed by atoms with Crippen LogP contribution in [0.2, 0.25) is 0 Å². The minimum Gasteiger partial charge on any atom is -0.389 e. The smallest absolute Gasteiger partial charge is 0.243 e. The quantitative estimate of drug-likeness (QED) is 0.817. The Kier molecular flexibility index (Phi) is 2.79. The lowest BCUT2D eigenvalue weighted by atomic mass is 10.1. The van der Waals surface area contributed by atoms with Crippen LogP contribution in [0.15, 0.2) is 18.2 Å². The SMILES string of the molecule is CC(C)(O)CN1CC(=O)Nc2ccc(F)cc21. The average Bonchev–Trinajstić information content (AvgIpc) is 2.16. The summed E-state index contributed by atoms with van der Waals surface area (Å²) < 4.78 is 13.2. The Morgan fingerprint density at radius 2 is 2.24 bits per heavy atom. The highest BCUT2D eigenvalue weighted by Crippen LogP contribution is 2.30. The molecule has 4 nitrogen and oxygen atoms in total. The monoisotopic (exact) mass is 238 g/mol. The van der Waals surface area contributed by atoms with E-state index in [1.807, 2.05) is 0 Å². The van der Waals surface area contributed by atoms with Gasteiger partial charge in [0.15, 0.2) is 0 Å². The van der Waals surface area contributed by atoms with Crippen LogP contribution in [-0.4, -0.2) is 29.7 Å². The standard InChI is InChI=1S/C12H15FN2O2/c1-12(2,17)7-15-6-11(16)14-9-4-3-8(13)5-10(9)15/h3-5,17H,6-7H2,1-2H3,(H,14,16). The van der Waals surface area contributed by atoms with Crippen LogP contribution in [-0.2, 0) is 4.79 Å². The summed E-state index contributed by atoms with van der Waals surface area (Å²) in [6.07, 6.45) is 0. The average molecular weight is 238 g/mol. The summed E-state index contributed by atoms with van der Waals surface area (Å²) in [7, 11) is 0. The van der Waals surface area contributed by atoms with Gasteiger partial charge < -0.3 is 15.3 Å². The summed E-state index contributed by atoms with van der Waals surface area (Å²) >= 11 is 0. The summed E-state index contributed by atoms with van der Waals surface area (Å²) in [5.74, 6) is -0.519. The number of halogens is 1. The summed E-state index contributed by atoms with van der Waals surface area (Å²) in [5.41, 5.74) is 0.236. The molecule has 0 bridgehead atoms. The van der Waals surface area contributed by atoms with Gasteiger partial charge in [0.1, 0.15) is 5.82 Å². The van der Waals surface area contributed by atoms with Crippen molar-refractivity contribution in [1.82, 2.24) is 0 Å². The number of carbonyl (C=O) groups is 1. The largest absolute Gasteiger partial charge is 0.389 e. The molecule has 2 N–H and O–H groups in total. The van der Waals surface area contributed by atoms with Crippen LogP contribution in [0.3, 0.4) is 0 Å². The van der Waals surface area contributed by atoms with Gasteiger partial charge in [-0.3, -0.25) is 4.79 Å². The highest BCUT2D eigenvalue weighted by atomic mass is 19.1. The van der Waals surface area contributed by atoms with Crippen molar-refractivity contribution >= 4 is 17.3 Å². The van der Waals surface area contributed by atoms with Gasteiger partial charge >= 0.3 is 0 Å². The van der Waals surface area contributed by atoms with Crippen molar-refractivity contribution in [2.24, 2.45) is 0 Å². The summed E-state index contributed by atoms with van der Waals surface area (Å²) in [4.78, 5) is 13.2. The van der Waals surface area contributed by atoms with Gasteiger partial charge in [0, 0.05) is 6.54 Å². The zero-order chi connectivity index (χ0) is 12.6. The molecule has 5 heteroatoms. The van der Waals surface area contributed by atoms with Gasteiger partial charge in [0.25, 0.3) is 0 Å². The molecule has 0 unspecified atom stereocenters. The van der Waals surface area contributed by atoms with E-state index in [0.717, 1.165) is 0 Å². The highest BCUT2D eigenvalue weighted by Gasteiger charge is 2.26. The molecule has 0 fully saturated rings. The molecule has 0 spiro atoms. The molecule has 1 aromatic rings. The van der Waals surface area contributed by atoms with Gasteiger partial charge in [-0.15, -0.1) is 0 Å². The first-order valence-corrected chi connectivity index (χ1v) is 5.42. The Hall–Kier alpha value is -1.62. The molecule has 2 rings (SSSR count). The molecular weight excluding hydrogens is 223 g/mol. The molecule has 1 amide bonds. The van der Waals surface area contributed by atoms with E-state index in [-0.39, 0.29) is 24.8 Å². The van der Waals surface area contributed by atoms with Crippen molar-refractivity contribution < 1.29 is 14.3 Å². The maximum atomic E-state index is 13.2. The first-order valence-electron chi connectivity index (χ1n) is 5.42. The molecule has 1 heterocycles. The van der Waals surface area contributed by atoms with Crippen molar-refractivity contribution in [2.45, 2.75) is 19.4 Å². The first kappa shape index (κ1) is 11.9. The van der Waals surface area contributed by atoms with Crippen molar-refractivity contribution in [3.05, 3.63) is 24.0 Å². The van der Waals surface area contributed by atoms with E-state index >= 15 is 0 Å². The number of nitrogens with zero attached hydrogens (tertiary/aromatic N) is 1. The Balaban J connectivity index is 2.36. The third-order valence-electron chi connectivity index (χ3n) is 2.49. The maximum absolute atomic E-state index is 13.2. The number of rotatable bonds is 2. The summed E-state index contributed by atoms with van der Waals surface area (Å²) in [6, 6.07) is 4.19. The topological polar surface area (TPSA) is 52.6 Å². The number of aliphatic hydroxyl groups is 1. The van der Waals surface area contributed by atoms with Crippen LogP contribution in [0.4, 0.5) is 15.8 Å². The molecule has 0 aromatic heterocycles. The maximum Gasteiger partial charge on any atom is 0.243 e. The zero-order valence-corrected chi connectivity index (χ0v) is 9.83. The molecular formula is C12H15FN2O2. The van der Waals surface area contributed by atoms with Crippen LogP contribution >= 0.6 is 0 Å². The van der Waals surface area contributed by atoms with Gasteiger partial charge in [-0.1, -0.05) is 0 Å². The predicted molar refractivity (Wildman–Crippen MR) is 63.5 cm³/mol. The van der Waals surface area contributed by atoms with E-state index in [9.17, 15) is 14.3 Å². The number of carbonyl (C=O) groups excluding carboxylic acids is 1. The fourth-order valence-electron chi connectivity index (χ4n) is 1.93. The van der Waals surface area contributed by atoms with E-state index in [2.05, 4.69) is 5.32 Å². The van der Waals surface area contributed by atoms with Gasteiger partial charge in [0.2, 0.25) is 5.91 Å². The molecule has 0 saturated carbocycles. The fourth-order valence-corrected chi connectivity index (χ4v) is 1.93. The molecule has 1 aromatic carbocycles. The third kappa shape index (κ3) is 2.74. The van der Waals surface area contributed by atoms with Crippen LogP contribution in [0.1, 0.15) is 13.8 Å². The number of benzene rings is 1. The number of β-amino-alcohol motifs (C(OH)–C–C–N with tert-alkyl or cyclic N) is 1. The molecule has 17 heavy (non-hydrogen) atoms. The lowest BCUT2D eigenvalue weighted by molar-refractivity contribution is -0.115. The van der Waals surface area contributed by atoms with Gasteiger partial charge in [-0.25, -0.2) is 4.39 Å². The number of hydrogen-bond donors (Lipinski definition) is 2. The van der Waals surface area contributed by atoms with Gasteiger partial charge in [-0.2, -0.15) is 0 Å². The van der Waals surface area contributed by atoms with Gasteiger partial charge in [-0.05, 0) is 32.0 Å². The van der Waals surface area contributed by atoms with Crippen molar-refractivity contribution in [2.75, 3.05) is 23.3 Å². The minimum absolute atomic E-state index is 0.125. The number of hydrogen-bond acceptors (Lipinski definition) is 3. The Morgan fingerprint density at radius 1 is 1.53 bits per heavy atom. The summed E-state index contributed by atoms with van der Waals surface area (Å²) in [6.45, 7) is 3.70. The predicted octanol–water partition coefficient (Wildman–Crippen LogP) is 1.36. The molecule has 1 aliphatic rings. The third-order valence-corrected chi connectivity index (χ3v) is 2.49. The van der Waals surface area contributed by atoms with Crippen LogP contribution in [0, 0.1) is 5.82 Å². The minimum atomic E-state index is -0.943. The van der Waals surface area contributed by atoms with Crippen LogP contribution < -0.4 is 10.2 Å². The van der Waals surface area contributed by atoms with E-state index in [1.54, 1.807) is 18.7 Å². The second kappa shape index (κ2) is 4.00.